The van der Waals surface area contributed by atoms with E-state index in [0.717, 1.165) is 81.7 Å². The molecule has 2 amide bonds. The molecule has 2 aliphatic heterocycles. The largest absolute Gasteiger partial charge is 0.370 e. The Morgan fingerprint density at radius 3 is 2.47 bits per heavy atom. The lowest BCUT2D eigenvalue weighted by Crippen LogP contribution is -2.46. The van der Waals surface area contributed by atoms with Crippen molar-refractivity contribution in [3.8, 4) is 0 Å². The summed E-state index contributed by atoms with van der Waals surface area (Å²) in [6, 6.07) is 8.28. The molecular weight excluding hydrogens is 474 g/mol. The van der Waals surface area contributed by atoms with Gasteiger partial charge in [-0.15, -0.1) is 0 Å². The molecule has 3 heterocycles. The normalized spacial score (nSPS) is 19.3. The van der Waals surface area contributed by atoms with Gasteiger partial charge in [-0.05, 0) is 75.8 Å². The van der Waals surface area contributed by atoms with Crippen LogP contribution in [0.25, 0.3) is 0 Å². The first kappa shape index (κ1) is 25.1. The van der Waals surface area contributed by atoms with Crippen molar-refractivity contribution in [2.75, 3.05) is 31.1 Å². The van der Waals surface area contributed by atoms with Gasteiger partial charge in [-0.2, -0.15) is 5.10 Å². The molecule has 1 aromatic carbocycles. The van der Waals surface area contributed by atoms with Gasteiger partial charge in [0.1, 0.15) is 0 Å². The van der Waals surface area contributed by atoms with E-state index in [1.165, 1.54) is 17.7 Å². The van der Waals surface area contributed by atoms with Crippen molar-refractivity contribution in [3.63, 3.8) is 0 Å². The summed E-state index contributed by atoms with van der Waals surface area (Å²) in [4.78, 5) is 29.2. The van der Waals surface area contributed by atoms with Crippen LogP contribution in [0.1, 0.15) is 73.6 Å². The number of nitrogens with one attached hydrogen (secondary N) is 1. The van der Waals surface area contributed by atoms with E-state index in [-0.39, 0.29) is 17.9 Å². The molecule has 0 saturated carbocycles. The molecule has 0 atom stereocenters. The highest BCUT2D eigenvalue weighted by Crippen LogP contribution is 2.31. The number of piperidine rings is 2. The Kier molecular flexibility index (Phi) is 7.85. The lowest BCUT2D eigenvalue weighted by Gasteiger charge is -2.34. The number of rotatable bonds is 6. The number of carbonyl (C=O) groups is 2. The van der Waals surface area contributed by atoms with Crippen molar-refractivity contribution in [1.82, 2.24) is 20.0 Å². The maximum absolute atomic E-state index is 13.5. The third-order valence-electron chi connectivity index (χ3n) is 8.21. The molecule has 7 nitrogen and oxygen atoms in total. The second kappa shape index (κ2) is 11.2. The van der Waals surface area contributed by atoms with Crippen LogP contribution >= 0.6 is 11.6 Å². The van der Waals surface area contributed by atoms with E-state index in [1.54, 1.807) is 6.92 Å². The first-order chi connectivity index (χ1) is 17.5. The number of aromatic nitrogens is 2. The summed E-state index contributed by atoms with van der Waals surface area (Å²) in [6.07, 6.45) is 9.30. The first-order valence-corrected chi connectivity index (χ1v) is 14.0. The number of aryl methyl sites for hydroxylation is 1. The average molecular weight is 512 g/mol. The van der Waals surface area contributed by atoms with Crippen LogP contribution in [-0.4, -0.2) is 58.7 Å². The van der Waals surface area contributed by atoms with E-state index >= 15 is 0 Å². The minimum Gasteiger partial charge on any atom is -0.370 e. The molecule has 0 bridgehead atoms. The highest BCUT2D eigenvalue weighted by atomic mass is 35.5. The van der Waals surface area contributed by atoms with Gasteiger partial charge in [0, 0.05) is 56.9 Å². The zero-order valence-electron chi connectivity index (χ0n) is 21.3. The van der Waals surface area contributed by atoms with Gasteiger partial charge < -0.3 is 15.1 Å². The van der Waals surface area contributed by atoms with Gasteiger partial charge in [0.05, 0.1) is 10.7 Å². The van der Waals surface area contributed by atoms with Gasteiger partial charge in [-0.25, -0.2) is 0 Å². The fourth-order valence-electron chi connectivity index (χ4n) is 6.17. The van der Waals surface area contributed by atoms with Crippen molar-refractivity contribution in [3.05, 3.63) is 46.2 Å². The summed E-state index contributed by atoms with van der Waals surface area (Å²) in [5.41, 5.74) is 4.29. The van der Waals surface area contributed by atoms with Crippen LogP contribution in [0, 0.1) is 5.92 Å². The number of halogens is 1. The van der Waals surface area contributed by atoms with Crippen LogP contribution in [0.4, 0.5) is 5.69 Å². The zero-order valence-corrected chi connectivity index (χ0v) is 22.1. The van der Waals surface area contributed by atoms with Gasteiger partial charge >= 0.3 is 0 Å². The molecule has 0 unspecified atom stereocenters. The Hall–Kier alpha value is -2.54. The van der Waals surface area contributed by atoms with Crippen molar-refractivity contribution in [2.24, 2.45) is 5.92 Å². The van der Waals surface area contributed by atoms with Crippen LogP contribution in [-0.2, 0) is 24.2 Å². The Balaban J connectivity index is 1.20. The summed E-state index contributed by atoms with van der Waals surface area (Å²) < 4.78 is 2.16. The van der Waals surface area contributed by atoms with Crippen LogP contribution < -0.4 is 10.2 Å². The predicted molar refractivity (Wildman–Crippen MR) is 143 cm³/mol. The number of benzene rings is 1. The van der Waals surface area contributed by atoms with Crippen LogP contribution in [0.2, 0.25) is 5.02 Å². The molecule has 2 fully saturated rings. The van der Waals surface area contributed by atoms with Crippen molar-refractivity contribution in [1.29, 1.82) is 0 Å². The third kappa shape index (κ3) is 5.56. The van der Waals surface area contributed by atoms with Gasteiger partial charge in [0.2, 0.25) is 5.91 Å². The van der Waals surface area contributed by atoms with Gasteiger partial charge in [-0.3, -0.25) is 14.3 Å². The van der Waals surface area contributed by atoms with Crippen molar-refractivity contribution >= 4 is 29.1 Å². The van der Waals surface area contributed by atoms with Gasteiger partial charge in [0.15, 0.2) is 5.69 Å². The molecule has 3 aliphatic rings. The Morgan fingerprint density at radius 2 is 1.75 bits per heavy atom. The number of nitrogens with zero attached hydrogens (tertiary/aromatic N) is 4. The molecule has 2 aromatic rings. The summed E-state index contributed by atoms with van der Waals surface area (Å²) in [6.45, 7) is 5.86. The highest BCUT2D eigenvalue weighted by molar-refractivity contribution is 6.33. The van der Waals surface area contributed by atoms with E-state index in [2.05, 4.69) is 27.0 Å². The lowest BCUT2D eigenvalue weighted by atomic mass is 9.92. The maximum Gasteiger partial charge on any atom is 0.274 e. The van der Waals surface area contributed by atoms with E-state index in [9.17, 15) is 9.59 Å². The van der Waals surface area contributed by atoms with E-state index in [1.807, 2.05) is 17.0 Å². The second-order valence-electron chi connectivity index (χ2n) is 10.6. The number of para-hydroxylation sites is 1. The minimum absolute atomic E-state index is 0.00197. The molecule has 1 N–H and O–H groups in total. The van der Waals surface area contributed by atoms with Crippen LogP contribution in [0.15, 0.2) is 24.3 Å². The molecular formula is C28H38ClN5O2. The lowest BCUT2D eigenvalue weighted by molar-refractivity contribution is -0.119. The van der Waals surface area contributed by atoms with Gasteiger partial charge in [0.25, 0.3) is 5.91 Å². The standard InChI is InChI=1S/C28H38ClN5O2/c1-20(35)30-22-13-17-33(18-14-22)28(36)27-23-6-2-4-8-25(23)34(31-27)19-12-21-10-15-32(16-11-21)26-9-5-3-7-24(26)29/h3,5,7,9,21-22H,2,4,6,8,10-19H2,1H3,(H,30,35). The first-order valence-electron chi connectivity index (χ1n) is 13.6. The molecule has 0 spiro atoms. The number of anilines is 1. The molecule has 194 valence electrons. The number of amides is 2. The number of hydrogen-bond acceptors (Lipinski definition) is 4. The monoisotopic (exact) mass is 511 g/mol. The fourth-order valence-corrected chi connectivity index (χ4v) is 6.42. The van der Waals surface area contributed by atoms with Crippen LogP contribution in [0.5, 0.6) is 0 Å². The minimum atomic E-state index is 0.00197. The van der Waals surface area contributed by atoms with Gasteiger partial charge in [-0.1, -0.05) is 23.7 Å². The molecule has 1 aliphatic carbocycles. The molecule has 5 rings (SSSR count). The predicted octanol–water partition coefficient (Wildman–Crippen LogP) is 4.46. The summed E-state index contributed by atoms with van der Waals surface area (Å²) >= 11 is 6.41. The topological polar surface area (TPSA) is 70.5 Å². The summed E-state index contributed by atoms with van der Waals surface area (Å²) in [5, 5.41) is 8.74. The third-order valence-corrected chi connectivity index (χ3v) is 8.53. The number of carbonyl (C=O) groups excluding carboxylic acids is 2. The molecule has 2 saturated heterocycles. The number of hydrogen-bond donors (Lipinski definition) is 1. The Morgan fingerprint density at radius 1 is 1.03 bits per heavy atom. The van der Waals surface area contributed by atoms with Crippen molar-refractivity contribution < 1.29 is 9.59 Å². The maximum atomic E-state index is 13.5. The van der Waals surface area contributed by atoms with E-state index < -0.39 is 0 Å². The Labute approximate surface area is 219 Å². The SMILES string of the molecule is CC(=O)NC1CCN(C(=O)c2nn(CCC3CCN(c4ccccc4Cl)CC3)c3c2CCCC3)CC1. The van der Waals surface area contributed by atoms with Crippen LogP contribution in [0.3, 0.4) is 0 Å². The van der Waals surface area contributed by atoms with Crippen molar-refractivity contribution in [2.45, 2.75) is 77.3 Å². The number of likely N-dealkylation sites (tertiary alicyclic amines) is 1. The highest BCUT2D eigenvalue weighted by Gasteiger charge is 2.31. The van der Waals surface area contributed by atoms with E-state index in [0.29, 0.717) is 24.7 Å². The molecule has 36 heavy (non-hydrogen) atoms. The molecule has 0 radical (unpaired) electrons. The molecule has 8 heteroatoms. The quantitative estimate of drug-likeness (QED) is 0.621. The zero-order chi connectivity index (χ0) is 25.1. The Bertz CT molecular complexity index is 1080. The number of fused-ring (bicyclic) bond motifs is 1. The fraction of sp³-hybridized carbons (Fsp3) is 0.607. The average Bonchev–Trinajstić information content (AvgIpc) is 3.26. The smallest absolute Gasteiger partial charge is 0.274 e. The summed E-state index contributed by atoms with van der Waals surface area (Å²) in [7, 11) is 0. The summed E-state index contributed by atoms with van der Waals surface area (Å²) in [5.74, 6) is 0.738. The second-order valence-corrected chi connectivity index (χ2v) is 11.0. The molecule has 1 aromatic heterocycles. The van der Waals surface area contributed by atoms with E-state index in [4.69, 9.17) is 16.7 Å².